The number of amides is 1. The molecule has 0 aromatic carbocycles. The maximum Gasteiger partial charge on any atom is 0.341 e. The predicted molar refractivity (Wildman–Crippen MR) is 91.3 cm³/mol. The molecule has 0 atom stereocenters. The highest BCUT2D eigenvalue weighted by Gasteiger charge is 2.25. The zero-order valence-electron chi connectivity index (χ0n) is 14.3. The average molecular weight is 353 g/mol. The van der Waals surface area contributed by atoms with Crippen LogP contribution >= 0.6 is 11.3 Å². The van der Waals surface area contributed by atoms with Gasteiger partial charge in [-0.05, 0) is 39.2 Å². The number of thiophene rings is 1. The summed E-state index contributed by atoms with van der Waals surface area (Å²) in [6.07, 6.45) is 3.72. The number of carbonyl (C=O) groups excluding carboxylic acids is 3. The van der Waals surface area contributed by atoms with Crippen LogP contribution in [0.5, 0.6) is 0 Å². The van der Waals surface area contributed by atoms with E-state index in [1.807, 2.05) is 13.8 Å². The van der Waals surface area contributed by atoms with E-state index in [1.165, 1.54) is 11.3 Å². The van der Waals surface area contributed by atoms with Crippen LogP contribution in [0.2, 0.25) is 0 Å². The molecule has 7 heteroatoms. The molecule has 1 aromatic heterocycles. The zero-order chi connectivity index (χ0) is 17.7. The van der Waals surface area contributed by atoms with Gasteiger partial charge >= 0.3 is 11.9 Å². The molecule has 1 fully saturated rings. The minimum Gasteiger partial charge on any atom is -0.462 e. The quantitative estimate of drug-likeness (QED) is 0.794. The summed E-state index contributed by atoms with van der Waals surface area (Å²) in [7, 11) is 0. The Hall–Kier alpha value is -1.89. The molecule has 6 nitrogen and oxygen atoms in total. The molecule has 0 radical (unpaired) electrons. The molecule has 0 saturated heterocycles. The molecular formula is C17H23NO5S. The van der Waals surface area contributed by atoms with Gasteiger partial charge in [-0.15, -0.1) is 11.3 Å². The minimum atomic E-state index is -0.461. The molecule has 1 heterocycles. The van der Waals surface area contributed by atoms with Crippen LogP contribution in [0.15, 0.2) is 0 Å². The van der Waals surface area contributed by atoms with Gasteiger partial charge in [0.25, 0.3) is 5.91 Å². The number of anilines is 1. The highest BCUT2D eigenvalue weighted by Crippen LogP contribution is 2.33. The SMILES string of the molecule is CCOC(=O)c1c(NC(=O)COC(=O)C2CCCC2)sc(C)c1C. The molecular weight excluding hydrogens is 330 g/mol. The van der Waals surface area contributed by atoms with Crippen molar-refractivity contribution in [3.05, 3.63) is 16.0 Å². The maximum absolute atomic E-state index is 12.1. The molecule has 1 amide bonds. The van der Waals surface area contributed by atoms with E-state index in [0.29, 0.717) is 10.6 Å². The predicted octanol–water partition coefficient (Wildman–Crippen LogP) is 3.21. The van der Waals surface area contributed by atoms with Crippen molar-refractivity contribution in [3.63, 3.8) is 0 Å². The summed E-state index contributed by atoms with van der Waals surface area (Å²) < 4.78 is 10.1. The molecule has 24 heavy (non-hydrogen) atoms. The van der Waals surface area contributed by atoms with Crippen molar-refractivity contribution in [1.29, 1.82) is 0 Å². The fourth-order valence-electron chi connectivity index (χ4n) is 2.74. The largest absolute Gasteiger partial charge is 0.462 e. The number of hydrogen-bond acceptors (Lipinski definition) is 6. The van der Waals surface area contributed by atoms with Gasteiger partial charge in [-0.3, -0.25) is 9.59 Å². The van der Waals surface area contributed by atoms with Crippen LogP contribution in [0.25, 0.3) is 0 Å². The van der Waals surface area contributed by atoms with Crippen LogP contribution in [-0.2, 0) is 19.1 Å². The molecule has 1 aliphatic rings. The Bertz CT molecular complexity index is 631. The van der Waals surface area contributed by atoms with Crippen molar-refractivity contribution >= 4 is 34.2 Å². The van der Waals surface area contributed by atoms with Crippen molar-refractivity contribution in [2.45, 2.75) is 46.5 Å². The first kappa shape index (κ1) is 18.4. The molecule has 0 aliphatic heterocycles. The molecule has 1 aliphatic carbocycles. The molecule has 0 spiro atoms. The Morgan fingerprint density at radius 3 is 2.46 bits per heavy atom. The van der Waals surface area contributed by atoms with Crippen molar-refractivity contribution in [2.75, 3.05) is 18.5 Å². The van der Waals surface area contributed by atoms with Crippen molar-refractivity contribution in [1.82, 2.24) is 0 Å². The van der Waals surface area contributed by atoms with Crippen molar-refractivity contribution in [3.8, 4) is 0 Å². The first-order valence-corrected chi connectivity index (χ1v) is 8.99. The maximum atomic E-state index is 12.1. The van der Waals surface area contributed by atoms with Gasteiger partial charge in [0.05, 0.1) is 18.1 Å². The third-order valence-electron chi connectivity index (χ3n) is 4.15. The van der Waals surface area contributed by atoms with E-state index in [-0.39, 0.29) is 25.1 Å². The Morgan fingerprint density at radius 2 is 1.83 bits per heavy atom. The second kappa shape index (κ2) is 8.28. The topological polar surface area (TPSA) is 81.7 Å². The third kappa shape index (κ3) is 4.35. The fourth-order valence-corrected chi connectivity index (χ4v) is 3.81. The number of nitrogens with one attached hydrogen (secondary N) is 1. The van der Waals surface area contributed by atoms with E-state index in [1.54, 1.807) is 6.92 Å². The van der Waals surface area contributed by atoms with Gasteiger partial charge in [0.1, 0.15) is 5.00 Å². The molecule has 1 saturated carbocycles. The lowest BCUT2D eigenvalue weighted by Gasteiger charge is -2.10. The van der Waals surface area contributed by atoms with Gasteiger partial charge in [0.15, 0.2) is 6.61 Å². The Balaban J connectivity index is 1.97. The van der Waals surface area contributed by atoms with Crippen LogP contribution in [0.1, 0.15) is 53.4 Å². The minimum absolute atomic E-state index is 0.0841. The zero-order valence-corrected chi connectivity index (χ0v) is 15.1. The standard InChI is InChI=1S/C17H23NO5S/c1-4-22-17(21)14-10(2)11(3)24-15(14)18-13(19)9-23-16(20)12-7-5-6-8-12/h12H,4-9H2,1-3H3,(H,18,19). The lowest BCUT2D eigenvalue weighted by molar-refractivity contribution is -0.151. The normalized spacial score (nSPS) is 14.5. The van der Waals surface area contributed by atoms with Crippen LogP contribution in [0, 0.1) is 19.8 Å². The Kier molecular flexibility index (Phi) is 6.36. The summed E-state index contributed by atoms with van der Waals surface area (Å²) in [5.74, 6) is -1.31. The van der Waals surface area contributed by atoms with E-state index in [0.717, 1.165) is 36.1 Å². The Morgan fingerprint density at radius 1 is 1.17 bits per heavy atom. The smallest absolute Gasteiger partial charge is 0.341 e. The average Bonchev–Trinajstić information content (AvgIpc) is 3.15. The van der Waals surface area contributed by atoms with Gasteiger partial charge in [-0.25, -0.2) is 4.79 Å². The summed E-state index contributed by atoms with van der Waals surface area (Å²) in [5.41, 5.74) is 1.16. The summed E-state index contributed by atoms with van der Waals surface area (Å²) in [4.78, 5) is 36.9. The molecule has 1 aromatic rings. The van der Waals surface area contributed by atoms with E-state index >= 15 is 0 Å². The molecule has 0 bridgehead atoms. The Labute approximate surface area is 145 Å². The number of hydrogen-bond donors (Lipinski definition) is 1. The number of carbonyl (C=O) groups is 3. The number of aryl methyl sites for hydroxylation is 1. The van der Waals surface area contributed by atoms with E-state index in [2.05, 4.69) is 5.32 Å². The van der Waals surface area contributed by atoms with Gasteiger partial charge in [0, 0.05) is 4.88 Å². The number of ether oxygens (including phenoxy) is 2. The number of esters is 2. The van der Waals surface area contributed by atoms with Gasteiger partial charge in [-0.1, -0.05) is 12.8 Å². The fraction of sp³-hybridized carbons (Fsp3) is 0.588. The van der Waals surface area contributed by atoms with Crippen LogP contribution in [0.4, 0.5) is 5.00 Å². The van der Waals surface area contributed by atoms with Crippen molar-refractivity contribution < 1.29 is 23.9 Å². The van der Waals surface area contributed by atoms with Gasteiger partial charge < -0.3 is 14.8 Å². The molecule has 1 N–H and O–H groups in total. The molecule has 132 valence electrons. The first-order valence-electron chi connectivity index (χ1n) is 8.17. The van der Waals surface area contributed by atoms with Crippen LogP contribution < -0.4 is 5.32 Å². The summed E-state index contributed by atoms with van der Waals surface area (Å²) in [6, 6.07) is 0. The number of rotatable bonds is 6. The third-order valence-corrected chi connectivity index (χ3v) is 5.27. The lowest BCUT2D eigenvalue weighted by atomic mass is 10.1. The highest BCUT2D eigenvalue weighted by atomic mass is 32.1. The molecule has 0 unspecified atom stereocenters. The first-order chi connectivity index (χ1) is 11.4. The van der Waals surface area contributed by atoms with E-state index in [4.69, 9.17) is 9.47 Å². The van der Waals surface area contributed by atoms with E-state index in [9.17, 15) is 14.4 Å². The summed E-state index contributed by atoms with van der Waals surface area (Å²) >= 11 is 1.31. The van der Waals surface area contributed by atoms with E-state index < -0.39 is 11.9 Å². The highest BCUT2D eigenvalue weighted by molar-refractivity contribution is 7.16. The van der Waals surface area contributed by atoms with Crippen LogP contribution in [-0.4, -0.2) is 31.1 Å². The van der Waals surface area contributed by atoms with Crippen LogP contribution in [0.3, 0.4) is 0 Å². The monoisotopic (exact) mass is 353 g/mol. The second-order valence-corrected chi connectivity index (χ2v) is 7.07. The summed E-state index contributed by atoms with van der Waals surface area (Å²) in [5, 5.41) is 3.09. The van der Waals surface area contributed by atoms with Gasteiger partial charge in [0.2, 0.25) is 0 Å². The second-order valence-electron chi connectivity index (χ2n) is 5.85. The van der Waals surface area contributed by atoms with Crippen molar-refractivity contribution in [2.24, 2.45) is 5.92 Å². The summed E-state index contributed by atoms with van der Waals surface area (Å²) in [6.45, 7) is 5.34. The van der Waals surface area contributed by atoms with Gasteiger partial charge in [-0.2, -0.15) is 0 Å². The lowest BCUT2D eigenvalue weighted by Crippen LogP contribution is -2.24. The molecule has 2 rings (SSSR count).